The van der Waals surface area contributed by atoms with Crippen LogP contribution in [0.4, 0.5) is 0 Å². The number of benzene rings is 2. The molecule has 1 aromatic heterocycles. The predicted molar refractivity (Wildman–Crippen MR) is 129 cm³/mol. The van der Waals surface area contributed by atoms with Crippen molar-refractivity contribution in [3.8, 4) is 0 Å². The Morgan fingerprint density at radius 1 is 1.21 bits per heavy atom. The molecule has 3 N–H and O–H groups in total. The highest BCUT2D eigenvalue weighted by atomic mass is 32.2. The van der Waals surface area contributed by atoms with E-state index in [0.717, 1.165) is 19.5 Å². The molecule has 3 aromatic rings. The van der Waals surface area contributed by atoms with Crippen LogP contribution in [-0.2, 0) is 14.4 Å². The van der Waals surface area contributed by atoms with Crippen molar-refractivity contribution in [2.75, 3.05) is 12.3 Å². The molecule has 1 aliphatic rings. The number of carboxylic acids is 1. The predicted octanol–water partition coefficient (Wildman–Crippen LogP) is 2.95. The molecule has 2 heterocycles. The largest absolute Gasteiger partial charge is 0.477 e. The van der Waals surface area contributed by atoms with Gasteiger partial charge in [0.05, 0.1) is 16.8 Å². The zero-order chi connectivity index (χ0) is 24.2. The van der Waals surface area contributed by atoms with Gasteiger partial charge in [0.2, 0.25) is 0 Å². The molecule has 174 valence electrons. The second kappa shape index (κ2) is 10.1. The number of rotatable bonds is 8. The van der Waals surface area contributed by atoms with Gasteiger partial charge in [0.1, 0.15) is 11.7 Å². The molecule has 1 fully saturated rings. The van der Waals surface area contributed by atoms with Crippen molar-refractivity contribution >= 4 is 56.8 Å². The summed E-state index contributed by atoms with van der Waals surface area (Å²) in [7, 11) is 0. The van der Waals surface area contributed by atoms with Gasteiger partial charge in [0, 0.05) is 11.3 Å². The molecule has 9 nitrogen and oxygen atoms in total. The molecule has 1 atom stereocenters. The van der Waals surface area contributed by atoms with Gasteiger partial charge in [-0.05, 0) is 24.6 Å². The van der Waals surface area contributed by atoms with Crippen molar-refractivity contribution in [2.24, 2.45) is 5.16 Å². The Labute approximate surface area is 202 Å². The number of hydrogen-bond acceptors (Lipinski definition) is 8. The summed E-state index contributed by atoms with van der Waals surface area (Å²) in [5.74, 6) is -2.14. The summed E-state index contributed by atoms with van der Waals surface area (Å²) < 4.78 is 1.85. The maximum absolute atomic E-state index is 12.7. The minimum atomic E-state index is -1.22. The standard InChI is InChI=1S/C23H20N4O5S2/c1-13(12-33-23-25-15-9-5-6-10-17(15)34-23)19(22(30)31)27-11-16(21(27)29)24-20(28)18(26-32)14-7-3-2-4-8-14/h2-10,16,32H,11-12H2,1H3,(H,24,28)(H,30,31). The Bertz CT molecular complexity index is 1290. The van der Waals surface area contributed by atoms with Crippen LogP contribution in [0.2, 0.25) is 0 Å². The summed E-state index contributed by atoms with van der Waals surface area (Å²) in [5.41, 5.74) is 1.44. The quantitative estimate of drug-likeness (QED) is 0.109. The van der Waals surface area contributed by atoms with E-state index in [0.29, 0.717) is 16.9 Å². The molecule has 34 heavy (non-hydrogen) atoms. The zero-order valence-electron chi connectivity index (χ0n) is 18.0. The van der Waals surface area contributed by atoms with Crippen LogP contribution < -0.4 is 5.32 Å². The third kappa shape index (κ3) is 4.80. The highest BCUT2D eigenvalue weighted by Crippen LogP contribution is 2.31. The highest BCUT2D eigenvalue weighted by molar-refractivity contribution is 8.01. The smallest absolute Gasteiger partial charge is 0.352 e. The Hall–Kier alpha value is -3.70. The minimum Gasteiger partial charge on any atom is -0.477 e. The van der Waals surface area contributed by atoms with Gasteiger partial charge in [-0.3, -0.25) is 9.59 Å². The monoisotopic (exact) mass is 496 g/mol. The summed E-state index contributed by atoms with van der Waals surface area (Å²) >= 11 is 2.92. The van der Waals surface area contributed by atoms with Gasteiger partial charge in [-0.1, -0.05) is 59.4 Å². The number of likely N-dealkylation sites (tertiary alicyclic amines) is 1. The number of aliphatic carboxylic acids is 1. The maximum atomic E-state index is 12.7. The number of carbonyl (C=O) groups is 3. The second-order valence-electron chi connectivity index (χ2n) is 7.46. The molecule has 0 aliphatic carbocycles. The van der Waals surface area contributed by atoms with Crippen LogP contribution in [0.15, 0.2) is 75.4 Å². The molecule has 4 rings (SSSR count). The lowest BCUT2D eigenvalue weighted by Gasteiger charge is -2.39. The fourth-order valence-corrected chi connectivity index (χ4v) is 5.49. The number of carbonyl (C=O) groups excluding carboxylic acids is 2. The molecule has 0 bridgehead atoms. The average Bonchev–Trinajstić information content (AvgIpc) is 3.25. The van der Waals surface area contributed by atoms with E-state index in [1.165, 1.54) is 23.1 Å². The number of aromatic nitrogens is 1. The van der Waals surface area contributed by atoms with E-state index >= 15 is 0 Å². The first-order valence-electron chi connectivity index (χ1n) is 10.2. The fourth-order valence-electron chi connectivity index (χ4n) is 3.47. The van der Waals surface area contributed by atoms with Crippen molar-refractivity contribution in [1.29, 1.82) is 0 Å². The van der Waals surface area contributed by atoms with Crippen LogP contribution in [0.5, 0.6) is 0 Å². The van der Waals surface area contributed by atoms with E-state index < -0.39 is 23.8 Å². The summed E-state index contributed by atoms with van der Waals surface area (Å²) in [4.78, 5) is 42.8. The molecular formula is C23H20N4O5S2. The molecule has 2 aromatic carbocycles. The second-order valence-corrected chi connectivity index (χ2v) is 9.71. The molecular weight excluding hydrogens is 476 g/mol. The van der Waals surface area contributed by atoms with Crippen LogP contribution in [0, 0.1) is 0 Å². The molecule has 11 heteroatoms. The first kappa shape index (κ1) is 23.5. The Kier molecular flexibility index (Phi) is 6.94. The third-order valence-electron chi connectivity index (χ3n) is 5.16. The first-order chi connectivity index (χ1) is 16.4. The van der Waals surface area contributed by atoms with Crippen LogP contribution in [0.1, 0.15) is 12.5 Å². The van der Waals surface area contributed by atoms with Crippen molar-refractivity contribution in [3.05, 3.63) is 71.4 Å². The topological polar surface area (TPSA) is 132 Å². The molecule has 1 aliphatic heterocycles. The van der Waals surface area contributed by atoms with Crippen molar-refractivity contribution in [1.82, 2.24) is 15.2 Å². The minimum absolute atomic E-state index is 0.00283. The molecule has 0 saturated carbocycles. The number of hydrogen-bond donors (Lipinski definition) is 3. The summed E-state index contributed by atoms with van der Waals surface area (Å²) in [6.45, 7) is 1.66. The zero-order valence-corrected chi connectivity index (χ0v) is 19.6. The lowest BCUT2D eigenvalue weighted by Crippen LogP contribution is -2.64. The van der Waals surface area contributed by atoms with Gasteiger partial charge in [-0.2, -0.15) is 0 Å². The van der Waals surface area contributed by atoms with E-state index in [1.54, 1.807) is 37.3 Å². The number of carboxylic acid groups (broad SMARTS) is 1. The van der Waals surface area contributed by atoms with Crippen LogP contribution in [0.3, 0.4) is 0 Å². The fraction of sp³-hybridized carbons (Fsp3) is 0.174. The van der Waals surface area contributed by atoms with E-state index in [1.807, 2.05) is 24.3 Å². The highest BCUT2D eigenvalue weighted by Gasteiger charge is 2.43. The third-order valence-corrected chi connectivity index (χ3v) is 7.51. The number of β-lactam (4-membered cyclic amide) rings is 1. The van der Waals surface area contributed by atoms with Crippen LogP contribution >= 0.6 is 23.1 Å². The number of para-hydroxylation sites is 1. The maximum Gasteiger partial charge on any atom is 0.352 e. The Balaban J connectivity index is 1.41. The van der Waals surface area contributed by atoms with Gasteiger partial charge in [-0.25, -0.2) is 9.78 Å². The molecule has 0 radical (unpaired) electrons. The summed E-state index contributed by atoms with van der Waals surface area (Å²) in [5, 5.41) is 24.5. The van der Waals surface area contributed by atoms with Crippen LogP contribution in [0.25, 0.3) is 10.2 Å². The lowest BCUT2D eigenvalue weighted by atomic mass is 10.0. The van der Waals surface area contributed by atoms with E-state index in [2.05, 4.69) is 15.5 Å². The first-order valence-corrected chi connectivity index (χ1v) is 12.0. The van der Waals surface area contributed by atoms with Gasteiger partial charge >= 0.3 is 5.97 Å². The number of thioether (sulfide) groups is 1. The van der Waals surface area contributed by atoms with Gasteiger partial charge in [-0.15, -0.1) is 11.3 Å². The summed E-state index contributed by atoms with van der Waals surface area (Å²) in [6.07, 6.45) is 0. The summed E-state index contributed by atoms with van der Waals surface area (Å²) in [6, 6.07) is 15.1. The van der Waals surface area contributed by atoms with E-state index in [-0.39, 0.29) is 18.0 Å². The molecule has 2 amide bonds. The van der Waals surface area contributed by atoms with Gasteiger partial charge in [0.15, 0.2) is 10.1 Å². The molecule has 0 spiro atoms. The number of amides is 2. The van der Waals surface area contributed by atoms with Gasteiger partial charge < -0.3 is 20.5 Å². The normalized spacial score (nSPS) is 16.7. The van der Waals surface area contributed by atoms with Gasteiger partial charge in [0.25, 0.3) is 11.8 Å². The van der Waals surface area contributed by atoms with Crippen molar-refractivity contribution in [3.63, 3.8) is 0 Å². The van der Waals surface area contributed by atoms with E-state index in [9.17, 15) is 24.7 Å². The SMILES string of the molecule is CC(CSc1nc2ccccc2s1)=C(C(=O)O)N1CC(NC(=O)C(=NO)c2ccccc2)C1=O. The number of thiazole rings is 1. The Morgan fingerprint density at radius 2 is 1.91 bits per heavy atom. The average molecular weight is 497 g/mol. The number of nitrogens with one attached hydrogen (secondary N) is 1. The number of fused-ring (bicyclic) bond motifs is 1. The Morgan fingerprint density at radius 3 is 2.56 bits per heavy atom. The van der Waals surface area contributed by atoms with Crippen LogP contribution in [-0.4, -0.2) is 62.0 Å². The number of oxime groups is 1. The van der Waals surface area contributed by atoms with E-state index in [4.69, 9.17) is 0 Å². The lowest BCUT2D eigenvalue weighted by molar-refractivity contribution is -0.148. The van der Waals surface area contributed by atoms with Crippen molar-refractivity contribution in [2.45, 2.75) is 17.3 Å². The van der Waals surface area contributed by atoms with Crippen molar-refractivity contribution < 1.29 is 24.7 Å². The number of nitrogens with zero attached hydrogens (tertiary/aromatic N) is 3. The molecule has 1 saturated heterocycles. The molecule has 1 unspecified atom stereocenters.